The van der Waals surface area contributed by atoms with Gasteiger partial charge in [-0.05, 0) is 37.3 Å². The number of rotatable bonds is 7. The minimum atomic E-state index is -0.0567. The van der Waals surface area contributed by atoms with E-state index in [9.17, 15) is 4.79 Å². The highest BCUT2D eigenvalue weighted by molar-refractivity contribution is 5.74. The smallest absolute Gasteiger partial charge is 0.315 e. The molecule has 1 aromatic rings. The third kappa shape index (κ3) is 5.64. The first-order valence-electron chi connectivity index (χ1n) is 8.92. The quantitative estimate of drug-likeness (QED) is 0.756. The lowest BCUT2D eigenvalue weighted by molar-refractivity contribution is 0.140. The van der Waals surface area contributed by atoms with Crippen LogP contribution < -0.4 is 10.6 Å². The van der Waals surface area contributed by atoms with Crippen LogP contribution in [0.25, 0.3) is 0 Å². The number of carbonyl (C=O) groups excluding carboxylic acids is 1. The number of aromatic nitrogens is 1. The van der Waals surface area contributed by atoms with E-state index in [2.05, 4.69) is 47.0 Å². The summed E-state index contributed by atoms with van der Waals surface area (Å²) < 4.78 is 0. The molecule has 0 radical (unpaired) electrons. The Morgan fingerprint density at radius 3 is 3.00 bits per heavy atom. The minimum Gasteiger partial charge on any atom is -0.335 e. The topological polar surface area (TPSA) is 57.3 Å². The molecule has 1 saturated heterocycles. The number of nitrogens with one attached hydrogen (secondary N) is 2. The Bertz CT molecular complexity index is 519. The van der Waals surface area contributed by atoms with Crippen LogP contribution in [0.5, 0.6) is 0 Å². The summed E-state index contributed by atoms with van der Waals surface area (Å²) in [5.41, 5.74) is 1.10. The fourth-order valence-electron chi connectivity index (χ4n) is 3.24. The lowest BCUT2D eigenvalue weighted by Gasteiger charge is -2.37. The van der Waals surface area contributed by atoms with Crippen molar-refractivity contribution in [1.29, 1.82) is 0 Å². The molecule has 0 unspecified atom stereocenters. The van der Waals surface area contributed by atoms with Crippen LogP contribution in [-0.4, -0.2) is 41.1 Å². The highest BCUT2D eigenvalue weighted by atomic mass is 16.2. The van der Waals surface area contributed by atoms with Gasteiger partial charge in [-0.1, -0.05) is 26.0 Å². The van der Waals surface area contributed by atoms with Crippen molar-refractivity contribution in [1.82, 2.24) is 20.5 Å². The summed E-state index contributed by atoms with van der Waals surface area (Å²) in [7, 11) is 0. The molecule has 2 heterocycles. The fourth-order valence-corrected chi connectivity index (χ4v) is 3.24. The zero-order valence-electron chi connectivity index (χ0n) is 14.9. The van der Waals surface area contributed by atoms with Crippen LogP contribution in [0, 0.1) is 5.92 Å². The summed E-state index contributed by atoms with van der Waals surface area (Å²) in [6.45, 7) is 10.9. The van der Waals surface area contributed by atoms with E-state index in [0.29, 0.717) is 5.92 Å². The molecule has 5 heteroatoms. The number of piperidine rings is 1. The van der Waals surface area contributed by atoms with Gasteiger partial charge in [0.25, 0.3) is 0 Å². The summed E-state index contributed by atoms with van der Waals surface area (Å²) in [5.74, 6) is 0.424. The second-order valence-electron chi connectivity index (χ2n) is 6.68. The molecule has 2 amide bonds. The van der Waals surface area contributed by atoms with E-state index in [1.165, 1.54) is 0 Å². The van der Waals surface area contributed by atoms with Gasteiger partial charge in [0.2, 0.25) is 0 Å². The molecule has 5 nitrogen and oxygen atoms in total. The van der Waals surface area contributed by atoms with Gasteiger partial charge < -0.3 is 10.6 Å². The third-order valence-electron chi connectivity index (χ3n) is 4.70. The number of likely N-dealkylation sites (tertiary alicyclic amines) is 1. The molecule has 2 rings (SSSR count). The average Bonchev–Trinajstić information content (AvgIpc) is 2.58. The Hall–Kier alpha value is -1.88. The summed E-state index contributed by atoms with van der Waals surface area (Å²) >= 11 is 0. The Balaban J connectivity index is 1.78. The highest BCUT2D eigenvalue weighted by Crippen LogP contribution is 2.18. The summed E-state index contributed by atoms with van der Waals surface area (Å²) in [4.78, 5) is 19.0. The number of amides is 2. The molecule has 0 bridgehead atoms. The van der Waals surface area contributed by atoms with E-state index in [-0.39, 0.29) is 18.1 Å². The first kappa shape index (κ1) is 18.5. The Kier molecular flexibility index (Phi) is 7.25. The maximum atomic E-state index is 12.2. The van der Waals surface area contributed by atoms with Gasteiger partial charge in [0, 0.05) is 37.9 Å². The predicted molar refractivity (Wildman–Crippen MR) is 97.6 cm³/mol. The van der Waals surface area contributed by atoms with E-state index in [4.69, 9.17) is 0 Å². The van der Waals surface area contributed by atoms with Gasteiger partial charge in [-0.15, -0.1) is 6.58 Å². The maximum Gasteiger partial charge on any atom is 0.315 e. The van der Waals surface area contributed by atoms with Gasteiger partial charge in [-0.2, -0.15) is 0 Å². The lowest BCUT2D eigenvalue weighted by Crippen LogP contribution is -2.53. The molecule has 1 fully saturated rings. The zero-order chi connectivity index (χ0) is 17.4. The Morgan fingerprint density at radius 1 is 1.54 bits per heavy atom. The Morgan fingerprint density at radius 2 is 2.38 bits per heavy atom. The van der Waals surface area contributed by atoms with Gasteiger partial charge in [0.1, 0.15) is 0 Å². The highest BCUT2D eigenvalue weighted by Gasteiger charge is 2.27. The van der Waals surface area contributed by atoms with Crippen molar-refractivity contribution in [3.8, 4) is 0 Å². The second-order valence-corrected chi connectivity index (χ2v) is 6.68. The van der Waals surface area contributed by atoms with Gasteiger partial charge in [-0.25, -0.2) is 4.79 Å². The molecule has 0 aromatic carbocycles. The van der Waals surface area contributed by atoms with Crippen molar-refractivity contribution in [3.63, 3.8) is 0 Å². The van der Waals surface area contributed by atoms with Crippen molar-refractivity contribution in [3.05, 3.63) is 42.7 Å². The maximum absolute atomic E-state index is 12.2. The molecule has 24 heavy (non-hydrogen) atoms. The molecule has 0 aliphatic carbocycles. The Labute approximate surface area is 145 Å². The van der Waals surface area contributed by atoms with Crippen molar-refractivity contribution in [2.24, 2.45) is 5.92 Å². The van der Waals surface area contributed by atoms with Gasteiger partial charge in [-0.3, -0.25) is 9.88 Å². The van der Waals surface area contributed by atoms with Gasteiger partial charge in [0.05, 0.1) is 5.69 Å². The van der Waals surface area contributed by atoms with Crippen LogP contribution in [-0.2, 0) is 6.54 Å². The SMILES string of the molecule is C=CC[C@H](CC)NC(=O)N[C@@H]1CCN(Cc2ccccn2)C[C@H]1C. The molecule has 1 aromatic heterocycles. The number of urea groups is 1. The lowest BCUT2D eigenvalue weighted by atomic mass is 9.94. The van der Waals surface area contributed by atoms with Crippen LogP contribution in [0.2, 0.25) is 0 Å². The molecular formula is C19H30N4O. The predicted octanol–water partition coefficient (Wildman–Crippen LogP) is 2.95. The van der Waals surface area contributed by atoms with Crippen molar-refractivity contribution < 1.29 is 4.79 Å². The van der Waals surface area contributed by atoms with Crippen LogP contribution >= 0.6 is 0 Å². The van der Waals surface area contributed by atoms with Gasteiger partial charge >= 0.3 is 6.03 Å². The first-order valence-corrected chi connectivity index (χ1v) is 8.92. The standard InChI is InChI=1S/C19H30N4O/c1-4-8-16(5-2)21-19(24)22-18-10-12-23(13-15(18)3)14-17-9-6-7-11-20-17/h4,6-7,9,11,15-16,18H,1,5,8,10,12-14H2,2-3H3,(H2,21,22,24)/t15-,16+,18-/m1/s1. The summed E-state index contributed by atoms with van der Waals surface area (Å²) in [6, 6.07) is 6.37. The van der Waals surface area contributed by atoms with E-state index in [0.717, 1.165) is 44.6 Å². The molecule has 132 valence electrons. The van der Waals surface area contributed by atoms with E-state index in [1.54, 1.807) is 0 Å². The van der Waals surface area contributed by atoms with Crippen LogP contribution in [0.15, 0.2) is 37.1 Å². The summed E-state index contributed by atoms with van der Waals surface area (Å²) in [6.07, 6.45) is 6.39. The number of pyridine rings is 1. The minimum absolute atomic E-state index is 0.0567. The zero-order valence-corrected chi connectivity index (χ0v) is 14.9. The fraction of sp³-hybridized carbons (Fsp3) is 0.579. The third-order valence-corrected chi connectivity index (χ3v) is 4.70. The van der Waals surface area contributed by atoms with E-state index >= 15 is 0 Å². The molecule has 1 aliphatic heterocycles. The monoisotopic (exact) mass is 330 g/mol. The molecule has 3 atom stereocenters. The van der Waals surface area contributed by atoms with Crippen molar-refractivity contribution in [2.45, 2.75) is 51.7 Å². The number of nitrogens with zero attached hydrogens (tertiary/aromatic N) is 2. The normalized spacial score (nSPS) is 22.6. The summed E-state index contributed by atoms with van der Waals surface area (Å²) in [5, 5.41) is 6.19. The van der Waals surface area contributed by atoms with Gasteiger partial charge in [0.15, 0.2) is 0 Å². The van der Waals surface area contributed by atoms with Crippen LogP contribution in [0.3, 0.4) is 0 Å². The number of hydrogen-bond donors (Lipinski definition) is 2. The average molecular weight is 330 g/mol. The number of hydrogen-bond acceptors (Lipinski definition) is 3. The van der Waals surface area contributed by atoms with Crippen LogP contribution in [0.4, 0.5) is 4.79 Å². The number of carbonyl (C=O) groups is 1. The molecule has 2 N–H and O–H groups in total. The first-order chi connectivity index (χ1) is 11.6. The second kappa shape index (κ2) is 9.42. The molecule has 1 aliphatic rings. The van der Waals surface area contributed by atoms with E-state index < -0.39 is 0 Å². The van der Waals surface area contributed by atoms with Crippen molar-refractivity contribution >= 4 is 6.03 Å². The van der Waals surface area contributed by atoms with Crippen LogP contribution in [0.1, 0.15) is 38.8 Å². The molecule has 0 spiro atoms. The molecular weight excluding hydrogens is 300 g/mol. The van der Waals surface area contributed by atoms with E-state index in [1.807, 2.05) is 24.4 Å². The molecule has 0 saturated carbocycles. The van der Waals surface area contributed by atoms with Crippen molar-refractivity contribution in [2.75, 3.05) is 13.1 Å². The largest absolute Gasteiger partial charge is 0.335 e.